The summed E-state index contributed by atoms with van der Waals surface area (Å²) >= 11 is 0. The van der Waals surface area contributed by atoms with E-state index >= 15 is 0 Å². The molecule has 0 saturated carbocycles. The van der Waals surface area contributed by atoms with E-state index in [1.165, 1.54) is 6.08 Å². The highest BCUT2D eigenvalue weighted by atomic mass is 16.5. The van der Waals surface area contributed by atoms with Crippen molar-refractivity contribution in [1.82, 2.24) is 4.90 Å². The summed E-state index contributed by atoms with van der Waals surface area (Å²) in [6.07, 6.45) is 2.46. The van der Waals surface area contributed by atoms with Gasteiger partial charge in [-0.25, -0.2) is 4.79 Å². The first-order chi connectivity index (χ1) is 14.3. The molecule has 0 atom stereocenters. The Bertz CT molecular complexity index is 831. The van der Waals surface area contributed by atoms with Gasteiger partial charge in [-0.3, -0.25) is 9.59 Å². The first kappa shape index (κ1) is 22.9. The van der Waals surface area contributed by atoms with Gasteiger partial charge in [0.15, 0.2) is 6.61 Å². The highest BCUT2D eigenvalue weighted by molar-refractivity contribution is 5.98. The Kier molecular flexibility index (Phi) is 8.41. The van der Waals surface area contributed by atoms with Crippen LogP contribution in [0.15, 0.2) is 29.8 Å². The summed E-state index contributed by atoms with van der Waals surface area (Å²) in [5.41, 5.74) is 1.49. The zero-order valence-electron chi connectivity index (χ0n) is 17.6. The lowest BCUT2D eigenvalue weighted by Crippen LogP contribution is -2.42. The number of benzene rings is 1. The topological polar surface area (TPSA) is 99.9 Å². The van der Waals surface area contributed by atoms with Gasteiger partial charge in [-0.2, -0.15) is 5.26 Å². The van der Waals surface area contributed by atoms with Crippen molar-refractivity contribution in [3.8, 4) is 6.07 Å². The van der Waals surface area contributed by atoms with E-state index in [9.17, 15) is 19.6 Å². The summed E-state index contributed by atoms with van der Waals surface area (Å²) in [6.45, 7) is 2.45. The Morgan fingerprint density at radius 3 is 2.33 bits per heavy atom. The number of hydrogen-bond acceptors (Lipinski definition) is 7. The number of amides is 1. The summed E-state index contributed by atoms with van der Waals surface area (Å²) in [7, 11) is 3.83. The molecule has 0 N–H and O–H groups in total. The molecule has 0 unspecified atom stereocenters. The molecule has 1 aliphatic heterocycles. The quantitative estimate of drug-likeness (QED) is 0.383. The van der Waals surface area contributed by atoms with Crippen LogP contribution in [0.25, 0.3) is 6.08 Å². The maximum atomic E-state index is 12.3. The third-order valence-electron chi connectivity index (χ3n) is 4.86. The highest BCUT2D eigenvalue weighted by Crippen LogP contribution is 2.19. The fourth-order valence-corrected chi connectivity index (χ4v) is 3.09. The van der Waals surface area contributed by atoms with Gasteiger partial charge in [-0.1, -0.05) is 12.1 Å². The molecule has 1 heterocycles. The number of piperidine rings is 1. The molecule has 1 aromatic carbocycles. The molecule has 0 aliphatic carbocycles. The van der Waals surface area contributed by atoms with Crippen molar-refractivity contribution >= 4 is 29.6 Å². The Balaban J connectivity index is 1.87. The van der Waals surface area contributed by atoms with Crippen LogP contribution >= 0.6 is 0 Å². The molecule has 160 valence electrons. The van der Waals surface area contributed by atoms with Crippen molar-refractivity contribution in [1.29, 1.82) is 5.26 Å². The molecular weight excluding hydrogens is 386 g/mol. The van der Waals surface area contributed by atoms with Crippen LogP contribution in [0.4, 0.5) is 5.69 Å². The van der Waals surface area contributed by atoms with Crippen molar-refractivity contribution in [3.63, 3.8) is 0 Å². The summed E-state index contributed by atoms with van der Waals surface area (Å²) in [6, 6.07) is 9.14. The van der Waals surface area contributed by atoms with Gasteiger partial charge in [-0.05, 0) is 43.5 Å². The van der Waals surface area contributed by atoms with Crippen LogP contribution in [0.2, 0.25) is 0 Å². The Hall–Kier alpha value is -3.34. The van der Waals surface area contributed by atoms with E-state index in [1.54, 1.807) is 24.0 Å². The molecule has 2 rings (SSSR count). The van der Waals surface area contributed by atoms with Gasteiger partial charge < -0.3 is 19.3 Å². The minimum atomic E-state index is -0.844. The number of hydrogen-bond donors (Lipinski definition) is 0. The number of likely N-dealkylation sites (tertiary alicyclic amines) is 1. The van der Waals surface area contributed by atoms with Crippen LogP contribution in [0, 0.1) is 17.2 Å². The number of esters is 2. The van der Waals surface area contributed by atoms with E-state index in [0.29, 0.717) is 38.1 Å². The van der Waals surface area contributed by atoms with Crippen LogP contribution in [-0.4, -0.2) is 63.1 Å². The van der Waals surface area contributed by atoms with E-state index in [4.69, 9.17) is 9.47 Å². The van der Waals surface area contributed by atoms with Crippen LogP contribution in [-0.2, 0) is 23.9 Å². The molecule has 1 fully saturated rings. The third-order valence-corrected chi connectivity index (χ3v) is 4.86. The molecule has 30 heavy (non-hydrogen) atoms. The molecule has 0 radical (unpaired) electrons. The van der Waals surface area contributed by atoms with Crippen molar-refractivity contribution in [2.24, 2.45) is 5.92 Å². The van der Waals surface area contributed by atoms with Crippen LogP contribution in [0.3, 0.4) is 0 Å². The standard InChI is InChI=1S/C22H27N3O5/c1-4-29-21(27)17-9-11-25(12-10-17)20(26)15-30-22(28)18(14-23)13-16-5-7-19(8-6-16)24(2)3/h5-8,13,17H,4,9-12,15H2,1-3H3/b18-13+. The second-order valence-corrected chi connectivity index (χ2v) is 7.14. The summed E-state index contributed by atoms with van der Waals surface area (Å²) < 4.78 is 10.0. The molecule has 1 saturated heterocycles. The number of nitriles is 1. The van der Waals surface area contributed by atoms with Crippen molar-refractivity contribution in [2.75, 3.05) is 45.3 Å². The van der Waals surface area contributed by atoms with Crippen LogP contribution in [0.5, 0.6) is 0 Å². The molecule has 1 amide bonds. The lowest BCUT2D eigenvalue weighted by Gasteiger charge is -2.30. The average Bonchev–Trinajstić information content (AvgIpc) is 2.76. The van der Waals surface area contributed by atoms with Gasteiger partial charge in [0.25, 0.3) is 5.91 Å². The van der Waals surface area contributed by atoms with E-state index in [-0.39, 0.29) is 23.4 Å². The second-order valence-electron chi connectivity index (χ2n) is 7.14. The van der Waals surface area contributed by atoms with Gasteiger partial charge in [0.05, 0.1) is 12.5 Å². The summed E-state index contributed by atoms with van der Waals surface area (Å²) in [5.74, 6) is -1.63. The molecule has 8 heteroatoms. The normalized spacial score (nSPS) is 14.6. The van der Waals surface area contributed by atoms with Gasteiger partial charge >= 0.3 is 11.9 Å². The summed E-state index contributed by atoms with van der Waals surface area (Å²) in [5, 5.41) is 9.27. The lowest BCUT2D eigenvalue weighted by atomic mass is 9.97. The van der Waals surface area contributed by atoms with E-state index in [1.807, 2.05) is 37.2 Å². The largest absolute Gasteiger partial charge is 0.466 e. The molecular formula is C22H27N3O5. The van der Waals surface area contributed by atoms with Gasteiger partial charge in [0.1, 0.15) is 11.6 Å². The fraction of sp³-hybridized carbons (Fsp3) is 0.455. The third kappa shape index (κ3) is 6.34. The predicted octanol–water partition coefficient (Wildman–Crippen LogP) is 2.00. The second kappa shape index (κ2) is 11.0. The SMILES string of the molecule is CCOC(=O)C1CCN(C(=O)COC(=O)/C(C#N)=C/c2ccc(N(C)C)cc2)CC1. The van der Waals surface area contributed by atoms with E-state index in [2.05, 4.69) is 0 Å². The minimum absolute atomic E-state index is 0.179. The average molecular weight is 413 g/mol. The maximum Gasteiger partial charge on any atom is 0.349 e. The zero-order chi connectivity index (χ0) is 22.1. The number of ether oxygens (including phenoxy) is 2. The van der Waals surface area contributed by atoms with Gasteiger partial charge in [0.2, 0.25) is 0 Å². The monoisotopic (exact) mass is 413 g/mol. The Labute approximate surface area is 176 Å². The molecule has 1 aliphatic rings. The van der Waals surface area contributed by atoms with Crippen LogP contribution in [0.1, 0.15) is 25.3 Å². The van der Waals surface area contributed by atoms with E-state index in [0.717, 1.165) is 5.69 Å². The number of nitrogens with zero attached hydrogens (tertiary/aromatic N) is 3. The number of rotatable bonds is 7. The number of carbonyl (C=O) groups is 3. The molecule has 0 spiro atoms. The summed E-state index contributed by atoms with van der Waals surface area (Å²) in [4.78, 5) is 39.8. The van der Waals surface area contributed by atoms with Crippen molar-refractivity contribution < 1.29 is 23.9 Å². The first-order valence-corrected chi connectivity index (χ1v) is 9.86. The Morgan fingerprint density at radius 2 is 1.80 bits per heavy atom. The Morgan fingerprint density at radius 1 is 1.17 bits per heavy atom. The van der Waals surface area contributed by atoms with Crippen molar-refractivity contribution in [2.45, 2.75) is 19.8 Å². The minimum Gasteiger partial charge on any atom is -0.466 e. The highest BCUT2D eigenvalue weighted by Gasteiger charge is 2.28. The molecule has 0 aromatic heterocycles. The van der Waals surface area contributed by atoms with Gasteiger partial charge in [-0.15, -0.1) is 0 Å². The first-order valence-electron chi connectivity index (χ1n) is 9.86. The zero-order valence-corrected chi connectivity index (χ0v) is 17.6. The predicted molar refractivity (Wildman–Crippen MR) is 111 cm³/mol. The molecule has 1 aromatic rings. The maximum absolute atomic E-state index is 12.3. The van der Waals surface area contributed by atoms with E-state index < -0.39 is 12.6 Å². The van der Waals surface area contributed by atoms with Crippen molar-refractivity contribution in [3.05, 3.63) is 35.4 Å². The number of carbonyl (C=O) groups excluding carboxylic acids is 3. The molecule has 8 nitrogen and oxygen atoms in total. The smallest absolute Gasteiger partial charge is 0.349 e. The van der Waals surface area contributed by atoms with Gasteiger partial charge in [0, 0.05) is 32.9 Å². The molecule has 0 bridgehead atoms. The lowest BCUT2D eigenvalue weighted by molar-refractivity contribution is -0.153. The van der Waals surface area contributed by atoms with Crippen LogP contribution < -0.4 is 4.90 Å². The number of anilines is 1. The fourth-order valence-electron chi connectivity index (χ4n) is 3.09.